The minimum atomic E-state index is -3.59. The van der Waals surface area contributed by atoms with Gasteiger partial charge >= 0.3 is 0 Å². The van der Waals surface area contributed by atoms with Gasteiger partial charge in [-0.15, -0.1) is 0 Å². The van der Waals surface area contributed by atoms with Crippen molar-refractivity contribution in [2.24, 2.45) is 0 Å². The third-order valence-electron chi connectivity index (χ3n) is 4.07. The molecule has 26 heavy (non-hydrogen) atoms. The standard InChI is InChI=1S/C18H24N2O4S2/c1-20(2)17(14-8-6-5-7-9-14)13-19-16-11-10-15(25(3,21)22)12-18(16)26(4,23)24/h5-12,17,19H,13H2,1-4H3. The molecule has 2 aromatic carbocycles. The molecule has 0 aliphatic heterocycles. The maximum atomic E-state index is 12.1. The van der Waals surface area contributed by atoms with Crippen LogP contribution in [-0.2, 0) is 19.7 Å². The van der Waals surface area contributed by atoms with Crippen molar-refractivity contribution in [1.82, 2.24) is 4.90 Å². The molecule has 142 valence electrons. The molecule has 0 aliphatic carbocycles. The van der Waals surface area contributed by atoms with E-state index in [0.29, 0.717) is 12.2 Å². The Labute approximate surface area is 155 Å². The molecule has 2 rings (SSSR count). The van der Waals surface area contributed by atoms with E-state index in [1.165, 1.54) is 18.2 Å². The van der Waals surface area contributed by atoms with Crippen LogP contribution >= 0.6 is 0 Å². The maximum absolute atomic E-state index is 12.1. The van der Waals surface area contributed by atoms with E-state index >= 15 is 0 Å². The molecule has 2 aromatic rings. The van der Waals surface area contributed by atoms with Crippen molar-refractivity contribution in [3.8, 4) is 0 Å². The molecule has 0 heterocycles. The summed E-state index contributed by atoms with van der Waals surface area (Å²) in [6, 6.07) is 14.0. The average molecular weight is 397 g/mol. The van der Waals surface area contributed by atoms with Gasteiger partial charge < -0.3 is 10.2 Å². The normalized spacial score (nSPS) is 13.6. The molecule has 0 saturated heterocycles. The lowest BCUT2D eigenvalue weighted by atomic mass is 10.1. The second-order valence-corrected chi connectivity index (χ2v) is 10.5. The highest BCUT2D eigenvalue weighted by Gasteiger charge is 2.20. The van der Waals surface area contributed by atoms with E-state index in [0.717, 1.165) is 18.1 Å². The van der Waals surface area contributed by atoms with Crippen LogP contribution in [0.3, 0.4) is 0 Å². The Morgan fingerprint density at radius 2 is 1.54 bits per heavy atom. The van der Waals surface area contributed by atoms with Crippen molar-refractivity contribution in [3.05, 3.63) is 54.1 Å². The van der Waals surface area contributed by atoms with E-state index in [1.54, 1.807) is 0 Å². The number of hydrogen-bond donors (Lipinski definition) is 1. The molecule has 1 unspecified atom stereocenters. The summed E-state index contributed by atoms with van der Waals surface area (Å²) < 4.78 is 47.8. The van der Waals surface area contributed by atoms with Crippen LogP contribution in [0.25, 0.3) is 0 Å². The van der Waals surface area contributed by atoms with Gasteiger partial charge in [0.2, 0.25) is 0 Å². The second-order valence-electron chi connectivity index (χ2n) is 6.47. The maximum Gasteiger partial charge on any atom is 0.177 e. The van der Waals surface area contributed by atoms with Crippen LogP contribution in [0.2, 0.25) is 0 Å². The molecule has 6 nitrogen and oxygen atoms in total. The van der Waals surface area contributed by atoms with Gasteiger partial charge in [-0.05, 0) is 37.9 Å². The van der Waals surface area contributed by atoms with Gasteiger partial charge in [-0.2, -0.15) is 0 Å². The number of likely N-dealkylation sites (N-methyl/N-ethyl adjacent to an activating group) is 1. The number of rotatable bonds is 7. The Hall–Kier alpha value is -1.90. The quantitative estimate of drug-likeness (QED) is 0.773. The fraction of sp³-hybridized carbons (Fsp3) is 0.333. The monoisotopic (exact) mass is 396 g/mol. The average Bonchev–Trinajstić information content (AvgIpc) is 2.54. The summed E-state index contributed by atoms with van der Waals surface area (Å²) in [5, 5.41) is 3.16. The molecule has 0 fully saturated rings. The fourth-order valence-electron chi connectivity index (χ4n) is 2.67. The minimum Gasteiger partial charge on any atom is -0.382 e. The van der Waals surface area contributed by atoms with Crippen molar-refractivity contribution in [3.63, 3.8) is 0 Å². The topological polar surface area (TPSA) is 83.6 Å². The van der Waals surface area contributed by atoms with Gasteiger partial charge in [-0.1, -0.05) is 30.3 Å². The van der Waals surface area contributed by atoms with Crippen LogP contribution in [0.4, 0.5) is 5.69 Å². The van der Waals surface area contributed by atoms with Crippen LogP contribution in [0.1, 0.15) is 11.6 Å². The largest absolute Gasteiger partial charge is 0.382 e. The Morgan fingerprint density at radius 3 is 2.04 bits per heavy atom. The van der Waals surface area contributed by atoms with Gasteiger partial charge in [0.25, 0.3) is 0 Å². The zero-order chi connectivity index (χ0) is 19.5. The summed E-state index contributed by atoms with van der Waals surface area (Å²) in [5.74, 6) is 0. The molecule has 1 N–H and O–H groups in total. The molecule has 0 spiro atoms. The summed E-state index contributed by atoms with van der Waals surface area (Å²) in [4.78, 5) is 1.99. The number of sulfone groups is 2. The number of benzene rings is 2. The third kappa shape index (κ3) is 5.06. The lowest BCUT2D eigenvalue weighted by Crippen LogP contribution is -2.27. The summed E-state index contributed by atoms with van der Waals surface area (Å²) in [6.45, 7) is 0.470. The van der Waals surface area contributed by atoms with E-state index < -0.39 is 19.7 Å². The van der Waals surface area contributed by atoms with Crippen LogP contribution < -0.4 is 5.32 Å². The SMILES string of the molecule is CN(C)C(CNc1ccc(S(C)(=O)=O)cc1S(C)(=O)=O)c1ccccc1. The first-order valence-corrected chi connectivity index (χ1v) is 11.8. The summed E-state index contributed by atoms with van der Waals surface area (Å²) in [7, 11) is -3.18. The number of anilines is 1. The van der Waals surface area contributed by atoms with Gasteiger partial charge in [-0.3, -0.25) is 0 Å². The summed E-state index contributed by atoms with van der Waals surface area (Å²) in [6.07, 6.45) is 2.12. The third-order valence-corrected chi connectivity index (χ3v) is 6.32. The van der Waals surface area contributed by atoms with Crippen LogP contribution in [0.5, 0.6) is 0 Å². The van der Waals surface area contributed by atoms with Gasteiger partial charge in [0, 0.05) is 19.1 Å². The number of nitrogens with one attached hydrogen (secondary N) is 1. The summed E-state index contributed by atoms with van der Waals surface area (Å²) in [5.41, 5.74) is 1.49. The fourth-order valence-corrected chi connectivity index (χ4v) is 4.27. The first-order valence-electron chi connectivity index (χ1n) is 7.99. The number of nitrogens with zero attached hydrogens (tertiary/aromatic N) is 1. The van der Waals surface area contributed by atoms with E-state index in [2.05, 4.69) is 5.32 Å². The molecule has 1 atom stereocenters. The van der Waals surface area contributed by atoms with Crippen molar-refractivity contribution >= 4 is 25.4 Å². The summed E-state index contributed by atoms with van der Waals surface area (Å²) >= 11 is 0. The van der Waals surface area contributed by atoms with Crippen molar-refractivity contribution < 1.29 is 16.8 Å². The smallest absolute Gasteiger partial charge is 0.177 e. The Morgan fingerprint density at radius 1 is 0.923 bits per heavy atom. The first-order chi connectivity index (χ1) is 12.0. The lowest BCUT2D eigenvalue weighted by molar-refractivity contribution is 0.311. The predicted octanol–water partition coefficient (Wildman–Crippen LogP) is 2.21. The van der Waals surface area contributed by atoms with Gasteiger partial charge in [0.05, 0.1) is 21.5 Å². The van der Waals surface area contributed by atoms with Crippen LogP contribution in [0, 0.1) is 0 Å². The van der Waals surface area contributed by atoms with Crippen molar-refractivity contribution in [2.75, 3.05) is 38.5 Å². The van der Waals surface area contributed by atoms with E-state index in [1.807, 2.05) is 49.3 Å². The molecule has 0 saturated carbocycles. The van der Waals surface area contributed by atoms with Gasteiger partial charge in [0.1, 0.15) is 0 Å². The van der Waals surface area contributed by atoms with Crippen molar-refractivity contribution in [1.29, 1.82) is 0 Å². The van der Waals surface area contributed by atoms with Crippen molar-refractivity contribution in [2.45, 2.75) is 15.8 Å². The van der Waals surface area contributed by atoms with Crippen LogP contribution in [-0.4, -0.2) is 54.9 Å². The predicted molar refractivity (Wildman–Crippen MR) is 104 cm³/mol. The van der Waals surface area contributed by atoms with E-state index in [-0.39, 0.29) is 15.8 Å². The zero-order valence-corrected chi connectivity index (χ0v) is 16.9. The van der Waals surface area contributed by atoms with Gasteiger partial charge in [-0.25, -0.2) is 16.8 Å². The highest BCUT2D eigenvalue weighted by Crippen LogP contribution is 2.27. The van der Waals surface area contributed by atoms with Crippen LogP contribution in [0.15, 0.2) is 58.3 Å². The molecule has 0 bridgehead atoms. The molecule has 0 amide bonds. The second kappa shape index (κ2) is 7.77. The van der Waals surface area contributed by atoms with Gasteiger partial charge in [0.15, 0.2) is 19.7 Å². The molecule has 8 heteroatoms. The molecule has 0 radical (unpaired) electrons. The molecule has 0 aromatic heterocycles. The first kappa shape index (κ1) is 20.4. The Bertz CT molecular complexity index is 970. The lowest BCUT2D eigenvalue weighted by Gasteiger charge is -2.26. The highest BCUT2D eigenvalue weighted by atomic mass is 32.2. The Balaban J connectivity index is 2.37. The number of hydrogen-bond acceptors (Lipinski definition) is 6. The van der Waals surface area contributed by atoms with E-state index in [4.69, 9.17) is 0 Å². The minimum absolute atomic E-state index is 0.0179. The molecular weight excluding hydrogens is 372 g/mol. The molecular formula is C18H24N2O4S2. The zero-order valence-electron chi connectivity index (χ0n) is 15.3. The molecule has 0 aliphatic rings. The highest BCUT2D eigenvalue weighted by molar-refractivity contribution is 7.91. The Kier molecular flexibility index (Phi) is 6.10. The van der Waals surface area contributed by atoms with E-state index in [9.17, 15) is 16.8 Å².